The second-order valence-electron chi connectivity index (χ2n) is 4.35. The lowest BCUT2D eigenvalue weighted by molar-refractivity contribution is 0.795. The van der Waals surface area contributed by atoms with E-state index in [4.69, 9.17) is 10.5 Å². The molecule has 98 valence electrons. The third kappa shape index (κ3) is 3.57. The summed E-state index contributed by atoms with van der Waals surface area (Å²) >= 11 is 0. The number of hydrogen-bond acceptors (Lipinski definition) is 4. The first kappa shape index (κ1) is 13.6. The van der Waals surface area contributed by atoms with Crippen molar-refractivity contribution in [2.45, 2.75) is 13.0 Å². The Morgan fingerprint density at radius 2 is 1.90 bits per heavy atom. The Balaban J connectivity index is 2.18. The maximum Gasteiger partial charge on any atom is 0.0991 e. The van der Waals surface area contributed by atoms with E-state index in [2.05, 4.69) is 22.0 Å². The van der Waals surface area contributed by atoms with Crippen LogP contribution in [0.4, 0.5) is 5.69 Å². The second-order valence-corrected chi connectivity index (χ2v) is 4.35. The van der Waals surface area contributed by atoms with Crippen LogP contribution in [0.25, 0.3) is 0 Å². The first-order valence-electron chi connectivity index (χ1n) is 6.34. The molecule has 20 heavy (non-hydrogen) atoms. The van der Waals surface area contributed by atoms with Crippen molar-refractivity contribution in [1.29, 1.82) is 10.5 Å². The van der Waals surface area contributed by atoms with Gasteiger partial charge in [-0.25, -0.2) is 0 Å². The standard InChI is InChI=1S/C16H14N4/c17-8-2-10-20(13-15-3-1-9-19-12-15)16-6-4-14(11-18)5-7-16/h1,3-7,9,12H,2,10,13H2. The van der Waals surface area contributed by atoms with E-state index in [1.54, 1.807) is 18.3 Å². The number of benzene rings is 1. The van der Waals surface area contributed by atoms with Crippen molar-refractivity contribution in [2.24, 2.45) is 0 Å². The fourth-order valence-electron chi connectivity index (χ4n) is 1.94. The van der Waals surface area contributed by atoms with E-state index >= 15 is 0 Å². The fourth-order valence-corrected chi connectivity index (χ4v) is 1.94. The minimum Gasteiger partial charge on any atom is -0.366 e. The summed E-state index contributed by atoms with van der Waals surface area (Å²) in [4.78, 5) is 6.22. The smallest absolute Gasteiger partial charge is 0.0991 e. The van der Waals surface area contributed by atoms with Crippen molar-refractivity contribution >= 4 is 5.69 Å². The highest BCUT2D eigenvalue weighted by Crippen LogP contribution is 2.18. The molecule has 0 radical (unpaired) electrons. The summed E-state index contributed by atoms with van der Waals surface area (Å²) in [6, 6.07) is 15.6. The van der Waals surface area contributed by atoms with Crippen molar-refractivity contribution in [3.63, 3.8) is 0 Å². The summed E-state index contributed by atoms with van der Waals surface area (Å²) in [6.07, 6.45) is 4.02. The van der Waals surface area contributed by atoms with Crippen molar-refractivity contribution in [1.82, 2.24) is 4.98 Å². The van der Waals surface area contributed by atoms with Crippen LogP contribution in [-0.2, 0) is 6.54 Å². The molecule has 0 atom stereocenters. The summed E-state index contributed by atoms with van der Waals surface area (Å²) in [6.45, 7) is 1.35. The number of anilines is 1. The van der Waals surface area contributed by atoms with Gasteiger partial charge in [0.05, 0.1) is 24.1 Å². The number of hydrogen-bond donors (Lipinski definition) is 0. The molecule has 0 fully saturated rings. The lowest BCUT2D eigenvalue weighted by Gasteiger charge is -2.23. The maximum absolute atomic E-state index is 8.83. The van der Waals surface area contributed by atoms with Gasteiger partial charge >= 0.3 is 0 Å². The Bertz CT molecular complexity index is 620. The number of rotatable bonds is 5. The van der Waals surface area contributed by atoms with Gasteiger partial charge in [-0.3, -0.25) is 4.98 Å². The zero-order valence-electron chi connectivity index (χ0n) is 11.0. The van der Waals surface area contributed by atoms with E-state index in [1.807, 2.05) is 30.5 Å². The average Bonchev–Trinajstić information content (AvgIpc) is 2.52. The van der Waals surface area contributed by atoms with Crippen LogP contribution in [0, 0.1) is 22.7 Å². The van der Waals surface area contributed by atoms with Crippen LogP contribution < -0.4 is 4.90 Å². The maximum atomic E-state index is 8.83. The SMILES string of the molecule is N#CCCN(Cc1cccnc1)c1ccc(C#N)cc1. The molecule has 0 aliphatic rings. The molecule has 0 saturated carbocycles. The third-order valence-electron chi connectivity index (χ3n) is 2.95. The van der Waals surface area contributed by atoms with Gasteiger partial charge in [-0.2, -0.15) is 10.5 Å². The molecule has 2 aromatic rings. The van der Waals surface area contributed by atoms with Crippen molar-refractivity contribution in [3.05, 3.63) is 59.9 Å². The molecule has 1 heterocycles. The van der Waals surface area contributed by atoms with Crippen LogP contribution >= 0.6 is 0 Å². The summed E-state index contributed by atoms with van der Waals surface area (Å²) in [5, 5.41) is 17.6. The molecule has 0 saturated heterocycles. The van der Waals surface area contributed by atoms with Crippen LogP contribution in [0.3, 0.4) is 0 Å². The van der Waals surface area contributed by atoms with E-state index < -0.39 is 0 Å². The summed E-state index contributed by atoms with van der Waals surface area (Å²) in [5.41, 5.74) is 2.73. The first-order valence-corrected chi connectivity index (χ1v) is 6.34. The minimum absolute atomic E-state index is 0.459. The number of nitrogens with zero attached hydrogens (tertiary/aromatic N) is 4. The quantitative estimate of drug-likeness (QED) is 0.831. The van der Waals surface area contributed by atoms with Crippen LogP contribution in [0.5, 0.6) is 0 Å². The van der Waals surface area contributed by atoms with Gasteiger partial charge in [-0.1, -0.05) is 6.07 Å². The molecule has 1 aromatic heterocycles. The Kier molecular flexibility index (Phi) is 4.70. The van der Waals surface area contributed by atoms with E-state index in [9.17, 15) is 0 Å². The van der Waals surface area contributed by atoms with E-state index in [1.165, 1.54) is 0 Å². The number of aromatic nitrogens is 1. The summed E-state index contributed by atoms with van der Waals surface area (Å²) in [5.74, 6) is 0. The summed E-state index contributed by atoms with van der Waals surface area (Å²) in [7, 11) is 0. The van der Waals surface area contributed by atoms with E-state index in [-0.39, 0.29) is 0 Å². The van der Waals surface area contributed by atoms with Crippen molar-refractivity contribution in [3.8, 4) is 12.1 Å². The van der Waals surface area contributed by atoms with Gasteiger partial charge in [0, 0.05) is 31.2 Å². The van der Waals surface area contributed by atoms with Gasteiger partial charge in [0.25, 0.3) is 0 Å². The van der Waals surface area contributed by atoms with E-state index in [0.717, 1.165) is 11.3 Å². The summed E-state index contributed by atoms with van der Waals surface area (Å²) < 4.78 is 0. The van der Waals surface area contributed by atoms with Gasteiger partial charge in [-0.05, 0) is 35.9 Å². The highest BCUT2D eigenvalue weighted by molar-refractivity contribution is 5.50. The second kappa shape index (κ2) is 6.92. The fraction of sp³-hybridized carbons (Fsp3) is 0.188. The predicted octanol–water partition coefficient (Wildman–Crippen LogP) is 2.87. The Labute approximate surface area is 118 Å². The predicted molar refractivity (Wildman–Crippen MR) is 76.7 cm³/mol. The molecule has 0 aliphatic carbocycles. The largest absolute Gasteiger partial charge is 0.366 e. The van der Waals surface area contributed by atoms with Gasteiger partial charge in [0.2, 0.25) is 0 Å². The van der Waals surface area contributed by atoms with Crippen LogP contribution in [-0.4, -0.2) is 11.5 Å². The molecular formula is C16H14N4. The van der Waals surface area contributed by atoms with Crippen LogP contribution in [0.2, 0.25) is 0 Å². The zero-order chi connectivity index (χ0) is 14.2. The van der Waals surface area contributed by atoms with Gasteiger partial charge in [0.1, 0.15) is 0 Å². The monoisotopic (exact) mass is 262 g/mol. The molecule has 4 heteroatoms. The lowest BCUT2D eigenvalue weighted by atomic mass is 10.2. The number of nitriles is 2. The normalized spacial score (nSPS) is 9.50. The molecule has 4 nitrogen and oxygen atoms in total. The zero-order valence-corrected chi connectivity index (χ0v) is 11.0. The minimum atomic E-state index is 0.459. The average molecular weight is 262 g/mol. The molecule has 0 bridgehead atoms. The van der Waals surface area contributed by atoms with Gasteiger partial charge in [-0.15, -0.1) is 0 Å². The van der Waals surface area contributed by atoms with Gasteiger partial charge in [0.15, 0.2) is 0 Å². The Morgan fingerprint density at radius 1 is 1.10 bits per heavy atom. The molecular weight excluding hydrogens is 248 g/mol. The van der Waals surface area contributed by atoms with Crippen molar-refractivity contribution in [2.75, 3.05) is 11.4 Å². The highest BCUT2D eigenvalue weighted by Gasteiger charge is 2.07. The molecule has 0 spiro atoms. The molecule has 0 N–H and O–H groups in total. The topological polar surface area (TPSA) is 63.7 Å². The molecule has 0 unspecified atom stereocenters. The Morgan fingerprint density at radius 3 is 2.50 bits per heavy atom. The van der Waals surface area contributed by atoms with Gasteiger partial charge < -0.3 is 4.90 Å². The number of pyridine rings is 1. The van der Waals surface area contributed by atoms with Crippen LogP contribution in [0.1, 0.15) is 17.5 Å². The van der Waals surface area contributed by atoms with E-state index in [0.29, 0.717) is 25.1 Å². The first-order chi connectivity index (χ1) is 9.83. The van der Waals surface area contributed by atoms with Crippen LogP contribution in [0.15, 0.2) is 48.8 Å². The molecule has 2 rings (SSSR count). The molecule has 0 aliphatic heterocycles. The third-order valence-corrected chi connectivity index (χ3v) is 2.95. The molecule has 0 amide bonds. The lowest BCUT2D eigenvalue weighted by Crippen LogP contribution is -2.23. The Hall–Kier alpha value is -2.85. The van der Waals surface area contributed by atoms with Crippen molar-refractivity contribution < 1.29 is 0 Å². The highest BCUT2D eigenvalue weighted by atomic mass is 15.1. The molecule has 1 aromatic carbocycles.